The number of benzene rings is 2. The summed E-state index contributed by atoms with van der Waals surface area (Å²) in [6.45, 7) is 4.58. The molecule has 0 spiro atoms. The highest BCUT2D eigenvalue weighted by Gasteiger charge is 2.24. The van der Waals surface area contributed by atoms with Gasteiger partial charge >= 0.3 is 6.61 Å². The number of carbonyl (C=O) groups excluding carboxylic acids is 1. The van der Waals surface area contributed by atoms with Crippen molar-refractivity contribution >= 4 is 45.7 Å². The number of halogens is 3. The molecule has 1 saturated heterocycles. The minimum Gasteiger partial charge on any atom is -0.434 e. The molecule has 12 heteroatoms. The van der Waals surface area contributed by atoms with Crippen LogP contribution in [-0.2, 0) is 4.79 Å². The van der Waals surface area contributed by atoms with Crippen molar-refractivity contribution in [2.24, 2.45) is 4.99 Å². The van der Waals surface area contributed by atoms with Crippen LogP contribution in [0.4, 0.5) is 19.5 Å². The topological polar surface area (TPSA) is 73.3 Å². The molecule has 0 saturated carbocycles. The second kappa shape index (κ2) is 12.8. The maximum absolute atomic E-state index is 13.5. The van der Waals surface area contributed by atoms with Gasteiger partial charge in [-0.25, -0.2) is 9.98 Å². The molecule has 2 aliphatic rings. The van der Waals surface area contributed by atoms with Gasteiger partial charge in [0, 0.05) is 67.5 Å². The molecule has 8 nitrogen and oxygen atoms in total. The molecule has 42 heavy (non-hydrogen) atoms. The first-order valence-electron chi connectivity index (χ1n) is 13.1. The third-order valence-corrected chi connectivity index (χ3v) is 8.12. The molecule has 2 aromatic carbocycles. The first kappa shape index (κ1) is 29.4. The van der Waals surface area contributed by atoms with E-state index in [-0.39, 0.29) is 22.6 Å². The molecular formula is C30H29ClF2N6O2S. The number of aliphatic imine (C=N–C) groups is 1. The third-order valence-electron chi connectivity index (χ3n) is 6.87. The van der Waals surface area contributed by atoms with Crippen LogP contribution in [0, 0.1) is 0 Å². The van der Waals surface area contributed by atoms with Crippen LogP contribution < -0.4 is 15.0 Å². The Morgan fingerprint density at radius 1 is 1.14 bits per heavy atom. The second-order valence-electron chi connectivity index (χ2n) is 9.68. The van der Waals surface area contributed by atoms with Gasteiger partial charge in [0.05, 0.1) is 5.57 Å². The van der Waals surface area contributed by atoms with Gasteiger partial charge in [0.2, 0.25) is 0 Å². The smallest absolute Gasteiger partial charge is 0.387 e. The van der Waals surface area contributed by atoms with Gasteiger partial charge in [-0.05, 0) is 55.6 Å². The minimum atomic E-state index is -3.06. The number of nitrogens with zero attached hydrogens (tertiary/aromatic N) is 5. The Bertz CT molecular complexity index is 1560. The van der Waals surface area contributed by atoms with Crippen LogP contribution in [0.1, 0.15) is 0 Å². The number of rotatable bonds is 8. The standard InChI is InChI=1S/C30H29ClF2N6O2S/c1-4-22(26-34-12-5-13-38(26)3)27(40)36-29-25(23-18-20(31)8-11-24(23)41-30(32)33)35-28(42-29)19-6-9-21(10-7-19)39-16-14-37(2)15-17-39/h4-13,18,30H,1,14-17H2,2-3H3,(H,36,40). The Labute approximate surface area is 251 Å². The van der Waals surface area contributed by atoms with Crippen molar-refractivity contribution in [2.75, 3.05) is 50.5 Å². The highest BCUT2D eigenvalue weighted by Crippen LogP contribution is 2.43. The van der Waals surface area contributed by atoms with Gasteiger partial charge in [-0.2, -0.15) is 8.78 Å². The molecule has 1 N–H and O–H groups in total. The second-order valence-corrected chi connectivity index (χ2v) is 11.1. The van der Waals surface area contributed by atoms with Gasteiger partial charge in [-0.3, -0.25) is 4.79 Å². The van der Waals surface area contributed by atoms with E-state index in [1.165, 1.54) is 35.6 Å². The number of hydrogen-bond donors (Lipinski definition) is 1. The lowest BCUT2D eigenvalue weighted by molar-refractivity contribution is -0.112. The molecule has 0 radical (unpaired) electrons. The lowest BCUT2D eigenvalue weighted by Crippen LogP contribution is -2.44. The zero-order valence-corrected chi connectivity index (χ0v) is 24.6. The summed E-state index contributed by atoms with van der Waals surface area (Å²) < 4.78 is 31.4. The number of allylic oxidation sites excluding steroid dienone is 1. The zero-order chi connectivity index (χ0) is 29.8. The maximum Gasteiger partial charge on any atom is 0.387 e. The molecule has 1 aromatic heterocycles. The number of hydrogen-bond acceptors (Lipinski definition) is 8. The molecule has 3 heterocycles. The normalized spacial score (nSPS) is 16.6. The molecule has 2 aliphatic heterocycles. The van der Waals surface area contributed by atoms with Crippen LogP contribution in [-0.4, -0.2) is 73.8 Å². The summed E-state index contributed by atoms with van der Waals surface area (Å²) in [6.07, 6.45) is 6.50. The van der Waals surface area contributed by atoms with E-state index in [0.29, 0.717) is 20.9 Å². The highest BCUT2D eigenvalue weighted by molar-refractivity contribution is 7.19. The maximum atomic E-state index is 13.5. The van der Waals surface area contributed by atoms with Crippen LogP contribution in [0.15, 0.2) is 83.8 Å². The predicted molar refractivity (Wildman–Crippen MR) is 166 cm³/mol. The fourth-order valence-corrected chi connectivity index (χ4v) is 5.79. The summed E-state index contributed by atoms with van der Waals surface area (Å²) in [5.74, 6) is -0.198. The summed E-state index contributed by atoms with van der Waals surface area (Å²) in [7, 11) is 3.88. The van der Waals surface area contributed by atoms with Crippen molar-refractivity contribution in [1.82, 2.24) is 14.8 Å². The van der Waals surface area contributed by atoms with Crippen molar-refractivity contribution in [2.45, 2.75) is 6.61 Å². The van der Waals surface area contributed by atoms with E-state index in [0.717, 1.165) is 37.4 Å². The molecule has 5 rings (SSSR count). The number of carbonyl (C=O) groups is 1. The number of nitrogens with one attached hydrogen (secondary N) is 1. The van der Waals surface area contributed by atoms with E-state index in [4.69, 9.17) is 21.3 Å². The first-order chi connectivity index (χ1) is 20.2. The monoisotopic (exact) mass is 610 g/mol. The van der Waals surface area contributed by atoms with E-state index >= 15 is 0 Å². The fourth-order valence-electron chi connectivity index (χ4n) is 4.63. The number of amides is 1. The highest BCUT2D eigenvalue weighted by atomic mass is 35.5. The summed E-state index contributed by atoms with van der Waals surface area (Å²) in [5.41, 5.74) is 2.61. The predicted octanol–water partition coefficient (Wildman–Crippen LogP) is 6.35. The summed E-state index contributed by atoms with van der Waals surface area (Å²) in [4.78, 5) is 28.9. The summed E-state index contributed by atoms with van der Waals surface area (Å²) in [5, 5.41) is 4.11. The van der Waals surface area contributed by atoms with Gasteiger partial charge in [0.15, 0.2) is 0 Å². The summed E-state index contributed by atoms with van der Waals surface area (Å²) >= 11 is 7.48. The molecule has 1 fully saturated rings. The quantitative estimate of drug-likeness (QED) is 0.300. The van der Waals surface area contributed by atoms with E-state index in [2.05, 4.69) is 33.7 Å². The summed E-state index contributed by atoms with van der Waals surface area (Å²) in [6, 6.07) is 12.3. The SMILES string of the molecule is C=CC(C(=O)Nc1sc(-c2ccc(N3CCN(C)CC3)cc2)nc1-c1cc(Cl)ccc1OC(F)F)=C1N=CC=CN1C. The number of aromatic nitrogens is 1. The van der Waals surface area contributed by atoms with Crippen molar-refractivity contribution in [1.29, 1.82) is 0 Å². The Morgan fingerprint density at radius 2 is 1.88 bits per heavy atom. The van der Waals surface area contributed by atoms with Gasteiger partial charge in [-0.15, -0.1) is 0 Å². The van der Waals surface area contributed by atoms with Gasteiger partial charge < -0.3 is 24.8 Å². The van der Waals surface area contributed by atoms with Crippen LogP contribution in [0.2, 0.25) is 5.02 Å². The molecule has 0 atom stereocenters. The largest absolute Gasteiger partial charge is 0.434 e. The Kier molecular flexibility index (Phi) is 9.00. The number of thiazole rings is 1. The van der Waals surface area contributed by atoms with E-state index in [1.54, 1.807) is 30.4 Å². The average molecular weight is 611 g/mol. The van der Waals surface area contributed by atoms with Crippen LogP contribution >= 0.6 is 22.9 Å². The number of alkyl halides is 2. The van der Waals surface area contributed by atoms with Gasteiger partial charge in [0.1, 0.15) is 27.3 Å². The van der Waals surface area contributed by atoms with Crippen LogP contribution in [0.3, 0.4) is 0 Å². The number of likely N-dealkylation sites (N-methyl/N-ethyl adjacent to an activating group) is 1. The van der Waals surface area contributed by atoms with Gasteiger partial charge in [0.25, 0.3) is 5.91 Å². The number of ether oxygens (including phenoxy) is 1. The molecule has 0 bridgehead atoms. The molecule has 1 amide bonds. The van der Waals surface area contributed by atoms with Crippen LogP contribution in [0.5, 0.6) is 5.75 Å². The molecule has 0 aliphatic carbocycles. The van der Waals surface area contributed by atoms with Crippen molar-refractivity contribution in [3.63, 3.8) is 0 Å². The number of piperazine rings is 1. The van der Waals surface area contributed by atoms with E-state index in [1.807, 2.05) is 24.3 Å². The fraction of sp³-hybridized carbons (Fsp3) is 0.233. The lowest BCUT2D eigenvalue weighted by atomic mass is 10.1. The Hall–Kier alpha value is -4.06. The van der Waals surface area contributed by atoms with Gasteiger partial charge in [-0.1, -0.05) is 35.6 Å². The Morgan fingerprint density at radius 3 is 2.55 bits per heavy atom. The molecule has 218 valence electrons. The van der Waals surface area contributed by atoms with E-state index < -0.39 is 12.5 Å². The van der Waals surface area contributed by atoms with Crippen LogP contribution in [0.25, 0.3) is 21.8 Å². The molecular weight excluding hydrogens is 582 g/mol. The molecule has 3 aromatic rings. The van der Waals surface area contributed by atoms with Crippen molar-refractivity contribution in [3.05, 3.63) is 83.8 Å². The third kappa shape index (κ3) is 6.53. The Balaban J connectivity index is 1.54. The first-order valence-corrected chi connectivity index (χ1v) is 14.3. The average Bonchev–Trinajstić information content (AvgIpc) is 3.39. The minimum absolute atomic E-state index is 0.115. The zero-order valence-electron chi connectivity index (χ0n) is 23.1. The molecule has 0 unspecified atom stereocenters. The van der Waals surface area contributed by atoms with Crippen molar-refractivity contribution < 1.29 is 18.3 Å². The number of anilines is 2. The lowest BCUT2D eigenvalue weighted by Gasteiger charge is -2.34. The van der Waals surface area contributed by atoms with E-state index in [9.17, 15) is 13.6 Å². The van der Waals surface area contributed by atoms with Crippen molar-refractivity contribution in [3.8, 4) is 27.6 Å².